The van der Waals surface area contributed by atoms with Gasteiger partial charge in [0, 0.05) is 43.9 Å². The summed E-state index contributed by atoms with van der Waals surface area (Å²) < 4.78 is 16.9. The first-order valence-electron chi connectivity index (χ1n) is 15.6. The van der Waals surface area contributed by atoms with Crippen LogP contribution in [0.5, 0.6) is 0 Å². The highest BCUT2D eigenvalue weighted by atomic mass is 35.5. The van der Waals surface area contributed by atoms with Crippen LogP contribution in [0, 0.1) is 5.92 Å². The van der Waals surface area contributed by atoms with E-state index in [0.717, 1.165) is 49.6 Å². The van der Waals surface area contributed by atoms with Crippen molar-refractivity contribution in [1.82, 2.24) is 34.4 Å². The van der Waals surface area contributed by atoms with E-state index in [9.17, 15) is 9.59 Å². The number of aromatic nitrogens is 6. The fourth-order valence-corrected chi connectivity index (χ4v) is 7.36. The standard InChI is InChI=1S/C31H39ClN8O4/c1-6-38-16-19-20(35-38)12-11-18(24(19)32)26-23-27(40(36-26)22-9-7-8-14-43-22)34-29(37(5)28(23)41)39-15-17-10-13-21(39)25(17)33-30(42)44-31(2,3)4/h11-12,16-17,21-22,25H,6-10,13-15H2,1-5H3,(H,33,42)/t17-,21-,22?,25-/m0/s1. The Kier molecular flexibility index (Phi) is 7.12. The van der Waals surface area contributed by atoms with Gasteiger partial charge in [0.25, 0.3) is 5.56 Å². The molecule has 1 N–H and O–H groups in total. The van der Waals surface area contributed by atoms with Crippen molar-refractivity contribution in [3.63, 3.8) is 0 Å². The molecule has 1 aromatic carbocycles. The summed E-state index contributed by atoms with van der Waals surface area (Å²) in [5.74, 6) is 0.789. The molecule has 1 saturated carbocycles. The third kappa shape index (κ3) is 4.82. The molecule has 1 aliphatic carbocycles. The largest absolute Gasteiger partial charge is 0.444 e. The summed E-state index contributed by atoms with van der Waals surface area (Å²) >= 11 is 6.99. The van der Waals surface area contributed by atoms with Gasteiger partial charge in [0.05, 0.1) is 22.6 Å². The number of amides is 1. The Labute approximate surface area is 260 Å². The zero-order chi connectivity index (χ0) is 30.9. The number of rotatable bonds is 5. The molecule has 44 heavy (non-hydrogen) atoms. The molecule has 1 amide bonds. The van der Waals surface area contributed by atoms with E-state index < -0.39 is 11.7 Å². The first-order chi connectivity index (χ1) is 21.0. The Bertz CT molecular complexity index is 1820. The molecule has 0 spiro atoms. The van der Waals surface area contributed by atoms with Crippen molar-refractivity contribution in [1.29, 1.82) is 0 Å². The number of halogens is 1. The van der Waals surface area contributed by atoms with Gasteiger partial charge in [-0.15, -0.1) is 0 Å². The number of nitrogens with one attached hydrogen (secondary N) is 1. The monoisotopic (exact) mass is 622 g/mol. The van der Waals surface area contributed by atoms with Crippen LogP contribution in [-0.4, -0.2) is 66.0 Å². The van der Waals surface area contributed by atoms with Gasteiger partial charge in [-0.25, -0.2) is 9.48 Å². The lowest BCUT2D eigenvalue weighted by molar-refractivity contribution is -0.0368. The zero-order valence-corrected chi connectivity index (χ0v) is 26.6. The van der Waals surface area contributed by atoms with E-state index in [0.29, 0.717) is 46.4 Å². The van der Waals surface area contributed by atoms with E-state index in [1.54, 1.807) is 16.3 Å². The van der Waals surface area contributed by atoms with Gasteiger partial charge in [-0.05, 0) is 77.8 Å². The molecule has 3 aromatic heterocycles. The number of carbonyl (C=O) groups excluding carboxylic acids is 1. The average Bonchev–Trinajstić information content (AvgIpc) is 3.76. The first-order valence-corrected chi connectivity index (χ1v) is 15.9. The minimum atomic E-state index is -0.584. The number of piperidine rings is 1. The van der Waals surface area contributed by atoms with Crippen LogP contribution in [0.15, 0.2) is 23.1 Å². The van der Waals surface area contributed by atoms with Crippen LogP contribution in [0.3, 0.4) is 0 Å². The second-order valence-corrected chi connectivity index (χ2v) is 13.5. The van der Waals surface area contributed by atoms with Crippen molar-refractivity contribution in [3.8, 4) is 11.3 Å². The number of ether oxygens (including phenoxy) is 2. The molecule has 13 heteroatoms. The Morgan fingerprint density at radius 3 is 2.73 bits per heavy atom. The highest BCUT2D eigenvalue weighted by molar-refractivity contribution is 6.38. The summed E-state index contributed by atoms with van der Waals surface area (Å²) in [6, 6.07) is 3.70. The molecule has 5 heterocycles. The molecule has 2 bridgehead atoms. The number of benzene rings is 1. The Morgan fingerprint density at radius 1 is 1.18 bits per heavy atom. The number of carbonyl (C=O) groups is 1. The van der Waals surface area contributed by atoms with Gasteiger partial charge in [0.1, 0.15) is 16.7 Å². The van der Waals surface area contributed by atoms with E-state index in [4.69, 9.17) is 31.2 Å². The maximum atomic E-state index is 14.3. The normalized spacial score (nSPS) is 23.6. The first kappa shape index (κ1) is 29.1. The minimum Gasteiger partial charge on any atom is -0.444 e. The third-order valence-corrected chi connectivity index (χ3v) is 9.52. The fourth-order valence-electron chi connectivity index (χ4n) is 7.06. The van der Waals surface area contributed by atoms with Crippen LogP contribution in [0.1, 0.15) is 66.0 Å². The number of anilines is 1. The SMILES string of the molecule is CCn1cc2c(Cl)c(-c3nn(C4CCCCO4)c4nc(N5C[C@@H]6CC[C@H]5[C@H]6NC(=O)OC(C)(C)C)n(C)c(=O)c34)ccc2n1. The summed E-state index contributed by atoms with van der Waals surface area (Å²) in [5.41, 5.74) is 1.61. The summed E-state index contributed by atoms with van der Waals surface area (Å²) in [7, 11) is 1.75. The molecule has 2 aliphatic heterocycles. The predicted molar refractivity (Wildman–Crippen MR) is 168 cm³/mol. The van der Waals surface area contributed by atoms with Crippen molar-refractivity contribution in [3.05, 3.63) is 33.7 Å². The Morgan fingerprint density at radius 2 is 2.00 bits per heavy atom. The molecular formula is C31H39ClN8O4. The Hall–Kier alpha value is -3.64. The number of fused-ring (bicyclic) bond motifs is 4. The molecule has 3 fully saturated rings. The fraction of sp³-hybridized carbons (Fsp3) is 0.581. The number of nitrogens with zero attached hydrogens (tertiary/aromatic N) is 7. The maximum Gasteiger partial charge on any atom is 0.407 e. The quantitative estimate of drug-likeness (QED) is 0.330. The molecule has 7 rings (SSSR count). The van der Waals surface area contributed by atoms with Crippen LogP contribution in [0.2, 0.25) is 5.02 Å². The van der Waals surface area contributed by atoms with Crippen molar-refractivity contribution in [2.24, 2.45) is 13.0 Å². The van der Waals surface area contributed by atoms with Crippen molar-refractivity contribution in [2.45, 2.75) is 90.3 Å². The van der Waals surface area contributed by atoms with Crippen molar-refractivity contribution >= 4 is 45.6 Å². The third-order valence-electron chi connectivity index (χ3n) is 9.12. The number of hydrogen-bond acceptors (Lipinski definition) is 8. The van der Waals surface area contributed by atoms with Gasteiger partial charge < -0.3 is 19.7 Å². The van der Waals surface area contributed by atoms with Crippen LogP contribution in [-0.2, 0) is 23.1 Å². The van der Waals surface area contributed by atoms with Gasteiger partial charge >= 0.3 is 6.09 Å². The van der Waals surface area contributed by atoms with E-state index >= 15 is 0 Å². The molecule has 4 atom stereocenters. The molecule has 234 valence electrons. The van der Waals surface area contributed by atoms with Gasteiger partial charge in [-0.2, -0.15) is 15.2 Å². The number of aryl methyl sites for hydroxylation is 1. The smallest absolute Gasteiger partial charge is 0.407 e. The van der Waals surface area contributed by atoms with Crippen LogP contribution >= 0.6 is 11.6 Å². The average molecular weight is 623 g/mol. The lowest BCUT2D eigenvalue weighted by Crippen LogP contribution is -2.46. The number of hydrogen-bond donors (Lipinski definition) is 1. The summed E-state index contributed by atoms with van der Waals surface area (Å²) in [6.07, 6.45) is 5.79. The molecule has 2 saturated heterocycles. The van der Waals surface area contributed by atoms with E-state index in [1.807, 2.05) is 50.7 Å². The van der Waals surface area contributed by atoms with Gasteiger partial charge in [0.15, 0.2) is 11.9 Å². The van der Waals surface area contributed by atoms with Crippen LogP contribution in [0.4, 0.5) is 10.7 Å². The van der Waals surface area contributed by atoms with E-state index in [2.05, 4.69) is 15.3 Å². The van der Waals surface area contributed by atoms with E-state index in [1.165, 1.54) is 0 Å². The molecule has 1 unspecified atom stereocenters. The predicted octanol–water partition coefficient (Wildman–Crippen LogP) is 5.01. The second kappa shape index (κ2) is 10.8. The zero-order valence-electron chi connectivity index (χ0n) is 25.8. The second-order valence-electron chi connectivity index (χ2n) is 13.2. The molecule has 12 nitrogen and oxygen atoms in total. The molecular weight excluding hydrogens is 584 g/mol. The number of alkyl carbamates (subject to hydrolysis) is 1. The topological polar surface area (TPSA) is 121 Å². The summed E-state index contributed by atoms with van der Waals surface area (Å²) in [4.78, 5) is 34.3. The summed E-state index contributed by atoms with van der Waals surface area (Å²) in [6.45, 7) is 9.61. The maximum absolute atomic E-state index is 14.3. The Balaban J connectivity index is 1.33. The summed E-state index contributed by atoms with van der Waals surface area (Å²) in [5, 5.41) is 14.4. The molecule has 4 aromatic rings. The van der Waals surface area contributed by atoms with Gasteiger partial charge in [-0.3, -0.25) is 14.0 Å². The highest BCUT2D eigenvalue weighted by Gasteiger charge is 2.49. The van der Waals surface area contributed by atoms with Crippen LogP contribution in [0.25, 0.3) is 33.2 Å². The van der Waals surface area contributed by atoms with Crippen molar-refractivity contribution in [2.75, 3.05) is 18.1 Å². The lowest BCUT2D eigenvalue weighted by Gasteiger charge is -2.30. The molecule has 0 radical (unpaired) electrons. The lowest BCUT2D eigenvalue weighted by atomic mass is 10.1. The van der Waals surface area contributed by atoms with E-state index in [-0.39, 0.29) is 29.8 Å². The van der Waals surface area contributed by atoms with Crippen LogP contribution < -0.4 is 15.8 Å². The van der Waals surface area contributed by atoms with Crippen molar-refractivity contribution < 1.29 is 14.3 Å². The highest BCUT2D eigenvalue weighted by Crippen LogP contribution is 2.42. The van der Waals surface area contributed by atoms with Gasteiger partial charge in [0.2, 0.25) is 5.95 Å². The molecule has 3 aliphatic rings. The van der Waals surface area contributed by atoms with Gasteiger partial charge in [-0.1, -0.05) is 11.6 Å². The minimum absolute atomic E-state index is 0.00297.